The number of hydrogen-bond acceptors (Lipinski definition) is 4. The van der Waals surface area contributed by atoms with Crippen LogP contribution in [0.2, 0.25) is 0 Å². The minimum absolute atomic E-state index is 0.00946. The van der Waals surface area contributed by atoms with E-state index in [2.05, 4.69) is 0 Å². The fraction of sp³-hybridized carbons (Fsp3) is 0.556. The topological polar surface area (TPSA) is 59.1 Å². The van der Waals surface area contributed by atoms with Crippen LogP contribution in [-0.4, -0.2) is 68.1 Å². The molecule has 24 heavy (non-hydrogen) atoms. The number of likely N-dealkylation sites (tertiary alicyclic amines) is 1. The molecule has 2 heterocycles. The maximum Gasteiger partial charge on any atom is 0.253 e. The molecular formula is C18H24N2O4. The molecule has 6 heteroatoms. The Morgan fingerprint density at radius 1 is 1.21 bits per heavy atom. The lowest BCUT2D eigenvalue weighted by Crippen LogP contribution is -2.41. The number of morpholine rings is 1. The highest BCUT2D eigenvalue weighted by Gasteiger charge is 2.30. The molecule has 1 aromatic carbocycles. The molecule has 6 nitrogen and oxygen atoms in total. The second kappa shape index (κ2) is 7.66. The summed E-state index contributed by atoms with van der Waals surface area (Å²) in [6.07, 6.45) is 1.40. The molecule has 2 aliphatic rings. The van der Waals surface area contributed by atoms with Crippen molar-refractivity contribution in [2.24, 2.45) is 5.92 Å². The predicted octanol–water partition coefficient (Wildman–Crippen LogP) is 1.41. The van der Waals surface area contributed by atoms with E-state index in [1.54, 1.807) is 19.2 Å². The van der Waals surface area contributed by atoms with E-state index < -0.39 is 0 Å². The smallest absolute Gasteiger partial charge is 0.253 e. The fourth-order valence-corrected chi connectivity index (χ4v) is 3.31. The number of rotatable bonds is 4. The zero-order valence-corrected chi connectivity index (χ0v) is 14.1. The lowest BCUT2D eigenvalue weighted by atomic mass is 10.0. The van der Waals surface area contributed by atoms with E-state index >= 15 is 0 Å². The third kappa shape index (κ3) is 3.87. The van der Waals surface area contributed by atoms with E-state index in [1.165, 1.54) is 0 Å². The summed E-state index contributed by atoms with van der Waals surface area (Å²) in [6, 6.07) is 7.21. The maximum absolute atomic E-state index is 12.6. The molecule has 2 fully saturated rings. The number of nitrogens with zero attached hydrogens (tertiary/aromatic N) is 2. The average Bonchev–Trinajstić information content (AvgIpc) is 3.10. The van der Waals surface area contributed by atoms with E-state index in [0.717, 1.165) is 6.42 Å². The predicted molar refractivity (Wildman–Crippen MR) is 89.0 cm³/mol. The van der Waals surface area contributed by atoms with Crippen molar-refractivity contribution in [1.29, 1.82) is 0 Å². The van der Waals surface area contributed by atoms with E-state index in [4.69, 9.17) is 9.47 Å². The summed E-state index contributed by atoms with van der Waals surface area (Å²) in [7, 11) is 1.59. The monoisotopic (exact) mass is 332 g/mol. The van der Waals surface area contributed by atoms with Crippen LogP contribution in [0.25, 0.3) is 0 Å². The lowest BCUT2D eigenvalue weighted by Gasteiger charge is -2.27. The number of ether oxygens (including phenoxy) is 2. The molecule has 0 saturated carbocycles. The zero-order valence-electron chi connectivity index (χ0n) is 14.1. The first-order valence-electron chi connectivity index (χ1n) is 8.46. The summed E-state index contributed by atoms with van der Waals surface area (Å²) in [4.78, 5) is 28.7. The minimum Gasteiger partial charge on any atom is -0.497 e. The Labute approximate surface area is 142 Å². The largest absolute Gasteiger partial charge is 0.497 e. The number of carbonyl (C=O) groups excluding carboxylic acids is 2. The molecule has 0 N–H and O–H groups in total. The fourth-order valence-electron chi connectivity index (χ4n) is 3.31. The summed E-state index contributed by atoms with van der Waals surface area (Å²) in [5, 5.41) is 0. The molecule has 1 unspecified atom stereocenters. The standard InChI is InChI=1S/C18H24N2O4/c1-23-16-4-2-3-15(12-16)18(22)20-6-5-14(13-20)11-17(21)19-7-9-24-10-8-19/h2-4,12,14H,5-11,13H2,1H3. The van der Waals surface area contributed by atoms with Gasteiger partial charge in [0, 0.05) is 38.2 Å². The first-order valence-corrected chi connectivity index (χ1v) is 8.46. The van der Waals surface area contributed by atoms with Crippen LogP contribution in [0.5, 0.6) is 5.75 Å². The van der Waals surface area contributed by atoms with Gasteiger partial charge in [-0.1, -0.05) is 6.07 Å². The Balaban J connectivity index is 1.54. The number of methoxy groups -OCH3 is 1. The number of hydrogen-bond donors (Lipinski definition) is 0. The van der Waals surface area contributed by atoms with Crippen molar-refractivity contribution in [3.63, 3.8) is 0 Å². The summed E-state index contributed by atoms with van der Waals surface area (Å²) >= 11 is 0. The van der Waals surface area contributed by atoms with Gasteiger partial charge in [0.2, 0.25) is 5.91 Å². The van der Waals surface area contributed by atoms with Crippen LogP contribution in [0.15, 0.2) is 24.3 Å². The first-order chi connectivity index (χ1) is 11.7. The van der Waals surface area contributed by atoms with Crippen LogP contribution >= 0.6 is 0 Å². The molecule has 0 bridgehead atoms. The highest BCUT2D eigenvalue weighted by Crippen LogP contribution is 2.23. The first kappa shape index (κ1) is 16.8. The molecular weight excluding hydrogens is 308 g/mol. The number of amides is 2. The molecule has 0 spiro atoms. The van der Waals surface area contributed by atoms with E-state index in [9.17, 15) is 9.59 Å². The van der Waals surface area contributed by atoms with Crippen molar-refractivity contribution in [2.75, 3.05) is 46.5 Å². The second-order valence-electron chi connectivity index (χ2n) is 6.34. The van der Waals surface area contributed by atoms with Crippen LogP contribution in [-0.2, 0) is 9.53 Å². The van der Waals surface area contributed by atoms with Crippen molar-refractivity contribution in [3.8, 4) is 5.75 Å². The Hall–Kier alpha value is -2.08. The van der Waals surface area contributed by atoms with Crippen molar-refractivity contribution in [3.05, 3.63) is 29.8 Å². The van der Waals surface area contributed by atoms with E-state index in [-0.39, 0.29) is 17.7 Å². The van der Waals surface area contributed by atoms with Crippen LogP contribution in [0, 0.1) is 5.92 Å². The highest BCUT2D eigenvalue weighted by molar-refractivity contribution is 5.94. The Morgan fingerprint density at radius 2 is 2.00 bits per heavy atom. The maximum atomic E-state index is 12.6. The van der Waals surface area contributed by atoms with E-state index in [1.807, 2.05) is 21.9 Å². The van der Waals surface area contributed by atoms with Gasteiger partial charge in [0.15, 0.2) is 0 Å². The van der Waals surface area contributed by atoms with Crippen molar-refractivity contribution < 1.29 is 19.1 Å². The summed E-state index contributed by atoms with van der Waals surface area (Å²) in [5.74, 6) is 1.11. The Morgan fingerprint density at radius 3 is 2.75 bits per heavy atom. The van der Waals surface area contributed by atoms with Gasteiger partial charge in [0.25, 0.3) is 5.91 Å². The number of carbonyl (C=O) groups is 2. The van der Waals surface area contributed by atoms with Gasteiger partial charge in [0.1, 0.15) is 5.75 Å². The van der Waals surface area contributed by atoms with Crippen molar-refractivity contribution >= 4 is 11.8 Å². The molecule has 3 rings (SSSR count). The van der Waals surface area contributed by atoms with E-state index in [0.29, 0.717) is 57.1 Å². The van der Waals surface area contributed by atoms with Gasteiger partial charge in [-0.15, -0.1) is 0 Å². The van der Waals surface area contributed by atoms with Gasteiger partial charge in [-0.25, -0.2) is 0 Å². The summed E-state index contributed by atoms with van der Waals surface area (Å²) < 4.78 is 10.5. The molecule has 2 aliphatic heterocycles. The van der Waals surface area contributed by atoms with Gasteiger partial charge >= 0.3 is 0 Å². The molecule has 2 amide bonds. The summed E-state index contributed by atoms with van der Waals surface area (Å²) in [6.45, 7) is 3.95. The highest BCUT2D eigenvalue weighted by atomic mass is 16.5. The van der Waals surface area contributed by atoms with Crippen LogP contribution in [0.4, 0.5) is 0 Å². The molecule has 130 valence electrons. The van der Waals surface area contributed by atoms with Gasteiger partial charge in [-0.3, -0.25) is 9.59 Å². The molecule has 0 aromatic heterocycles. The van der Waals surface area contributed by atoms with Crippen molar-refractivity contribution in [2.45, 2.75) is 12.8 Å². The molecule has 2 saturated heterocycles. The zero-order chi connectivity index (χ0) is 16.9. The average molecular weight is 332 g/mol. The Bertz CT molecular complexity index is 598. The van der Waals surface area contributed by atoms with Crippen LogP contribution < -0.4 is 4.74 Å². The molecule has 0 radical (unpaired) electrons. The SMILES string of the molecule is COc1cccc(C(=O)N2CCC(CC(=O)N3CCOCC3)C2)c1. The molecule has 0 aliphatic carbocycles. The van der Waals surface area contributed by atoms with Gasteiger partial charge in [0.05, 0.1) is 20.3 Å². The lowest BCUT2D eigenvalue weighted by molar-refractivity contribution is -0.136. The van der Waals surface area contributed by atoms with Crippen LogP contribution in [0.1, 0.15) is 23.2 Å². The minimum atomic E-state index is 0.00946. The second-order valence-corrected chi connectivity index (χ2v) is 6.34. The normalized spacial score (nSPS) is 21.0. The van der Waals surface area contributed by atoms with Crippen molar-refractivity contribution in [1.82, 2.24) is 9.80 Å². The molecule has 1 aromatic rings. The number of benzene rings is 1. The van der Waals surface area contributed by atoms with Gasteiger partial charge in [-0.2, -0.15) is 0 Å². The van der Waals surface area contributed by atoms with Gasteiger partial charge in [-0.05, 0) is 30.5 Å². The molecule has 1 atom stereocenters. The third-order valence-electron chi connectivity index (χ3n) is 4.72. The van der Waals surface area contributed by atoms with Gasteiger partial charge < -0.3 is 19.3 Å². The quantitative estimate of drug-likeness (QED) is 0.836. The van der Waals surface area contributed by atoms with Crippen LogP contribution in [0.3, 0.4) is 0 Å². The third-order valence-corrected chi connectivity index (χ3v) is 4.72. The summed E-state index contributed by atoms with van der Waals surface area (Å²) in [5.41, 5.74) is 0.634. The Kier molecular flexibility index (Phi) is 5.35.